The molecule has 0 bridgehead atoms. The number of rotatable bonds is 11. The number of anilines is 2. The summed E-state index contributed by atoms with van der Waals surface area (Å²) in [4.78, 5) is 18.0. The fourth-order valence-electron chi connectivity index (χ4n) is 5.37. The molecule has 1 saturated heterocycles. The average molecular weight is 613 g/mol. The van der Waals surface area contributed by atoms with Crippen molar-refractivity contribution < 1.29 is 8.42 Å². The van der Waals surface area contributed by atoms with E-state index in [1.54, 1.807) is 17.6 Å². The molecule has 1 aliphatic heterocycles. The third-order valence-corrected chi connectivity index (χ3v) is 11.1. The van der Waals surface area contributed by atoms with E-state index in [4.69, 9.17) is 0 Å². The molecule has 4 aromatic rings. The van der Waals surface area contributed by atoms with Crippen LogP contribution < -0.4 is 10.6 Å². The molecule has 12 nitrogen and oxygen atoms in total. The number of benzene rings is 1. The molecule has 42 heavy (non-hydrogen) atoms. The summed E-state index contributed by atoms with van der Waals surface area (Å²) >= 11 is 1.22. The number of hydrogen-bond donors (Lipinski definition) is 3. The van der Waals surface area contributed by atoms with Crippen molar-refractivity contribution in [3.63, 3.8) is 0 Å². The highest BCUT2D eigenvalue weighted by Crippen LogP contribution is 2.33. The minimum atomic E-state index is -3.59. The zero-order valence-electron chi connectivity index (χ0n) is 25.1. The predicted molar refractivity (Wildman–Crippen MR) is 169 cm³/mol. The van der Waals surface area contributed by atoms with Crippen molar-refractivity contribution in [1.82, 2.24) is 39.3 Å². The van der Waals surface area contributed by atoms with E-state index in [1.165, 1.54) is 11.3 Å². The van der Waals surface area contributed by atoms with Crippen molar-refractivity contribution in [2.24, 2.45) is 0 Å². The molecule has 0 radical (unpaired) electrons. The zero-order chi connectivity index (χ0) is 30.0. The molecule has 0 saturated carbocycles. The van der Waals surface area contributed by atoms with Gasteiger partial charge < -0.3 is 15.5 Å². The number of sulfonamides is 1. The van der Waals surface area contributed by atoms with Crippen LogP contribution in [0, 0.1) is 20.8 Å². The maximum Gasteiger partial charge on any atom is 0.254 e. The van der Waals surface area contributed by atoms with Crippen LogP contribution >= 0.6 is 11.3 Å². The Hall–Kier alpha value is -3.17. The fraction of sp³-hybridized carbons (Fsp3) is 0.500. The molecular weight excluding hydrogens is 573 g/mol. The minimum absolute atomic E-state index is 0.0897. The molecule has 1 fully saturated rings. The number of nitrogens with one attached hydrogen (secondary N) is 3. The lowest BCUT2D eigenvalue weighted by atomic mass is 10.0. The summed E-state index contributed by atoms with van der Waals surface area (Å²) in [5, 5.41) is 15.8. The second kappa shape index (κ2) is 12.6. The average Bonchev–Trinajstić information content (AvgIpc) is 3.49. The highest BCUT2D eigenvalue weighted by atomic mass is 32.2. The van der Waals surface area contributed by atoms with Gasteiger partial charge in [-0.1, -0.05) is 23.5 Å². The van der Waals surface area contributed by atoms with Gasteiger partial charge in [0.05, 0.1) is 16.9 Å². The van der Waals surface area contributed by atoms with Gasteiger partial charge in [0.2, 0.25) is 0 Å². The number of fused-ring (bicyclic) bond motifs is 1. The largest absolute Gasteiger partial charge is 0.366 e. The third-order valence-electron chi connectivity index (χ3n) is 7.47. The molecule has 0 aliphatic carbocycles. The molecule has 5 rings (SSSR count). The molecule has 4 heterocycles. The van der Waals surface area contributed by atoms with Gasteiger partial charge in [-0.3, -0.25) is 10.00 Å². The molecule has 0 spiro atoms. The molecule has 14 heteroatoms. The first-order chi connectivity index (χ1) is 20.0. The van der Waals surface area contributed by atoms with Crippen molar-refractivity contribution >= 4 is 43.2 Å². The van der Waals surface area contributed by atoms with Crippen LogP contribution in [0.25, 0.3) is 22.0 Å². The number of nitrogens with zero attached hydrogens (tertiary/aromatic N) is 7. The van der Waals surface area contributed by atoms with Crippen molar-refractivity contribution in [3.8, 4) is 11.1 Å². The molecule has 3 aromatic heterocycles. The van der Waals surface area contributed by atoms with Gasteiger partial charge in [0.25, 0.3) is 10.0 Å². The van der Waals surface area contributed by atoms with Crippen molar-refractivity contribution in [1.29, 1.82) is 0 Å². The summed E-state index contributed by atoms with van der Waals surface area (Å²) in [5.74, 6) is 0.782. The van der Waals surface area contributed by atoms with E-state index >= 15 is 0 Å². The Morgan fingerprint density at radius 2 is 1.86 bits per heavy atom. The summed E-state index contributed by atoms with van der Waals surface area (Å²) in [6.45, 7) is 12.4. The Labute approximate surface area is 251 Å². The van der Waals surface area contributed by atoms with Gasteiger partial charge in [0.1, 0.15) is 12.1 Å². The predicted octanol–water partition coefficient (Wildman–Crippen LogP) is 3.18. The van der Waals surface area contributed by atoms with Crippen molar-refractivity contribution in [2.75, 3.05) is 70.5 Å². The molecular formula is C28H40N10O2S2. The second-order valence-electron chi connectivity index (χ2n) is 11.1. The lowest BCUT2D eigenvalue weighted by Crippen LogP contribution is -2.50. The van der Waals surface area contributed by atoms with Crippen LogP contribution in [0.5, 0.6) is 0 Å². The minimum Gasteiger partial charge on any atom is -0.366 e. The number of aryl methyl sites for hydroxylation is 3. The van der Waals surface area contributed by atoms with E-state index in [9.17, 15) is 8.42 Å². The maximum atomic E-state index is 13.5. The SMILES string of the molecule is Cc1nc(NCCN(C)C)sc1S(=O)(=O)N1CCN(CC(C)Nc2ncnc3c(-c4c(C)n[nH]c4C)cccc23)CC1. The van der Waals surface area contributed by atoms with Crippen LogP contribution in [0.2, 0.25) is 0 Å². The number of aromatic amines is 1. The van der Waals surface area contributed by atoms with Gasteiger partial charge in [0.15, 0.2) is 9.34 Å². The molecule has 226 valence electrons. The maximum absolute atomic E-state index is 13.5. The zero-order valence-corrected chi connectivity index (χ0v) is 26.7. The van der Waals surface area contributed by atoms with Crippen LogP contribution in [0.15, 0.2) is 28.7 Å². The number of likely N-dealkylation sites (N-methyl/N-ethyl adjacent to an activating group) is 1. The number of hydrogen-bond acceptors (Lipinski definition) is 11. The van der Waals surface area contributed by atoms with Crippen molar-refractivity contribution in [2.45, 2.75) is 37.9 Å². The highest BCUT2D eigenvalue weighted by molar-refractivity contribution is 7.91. The standard InChI is InChI=1S/C28H40N10O2S2/c1-18(32-26-23-9-7-8-22(25(23)30-17-31-26)24-19(2)34-35-20(24)3)16-37-12-14-38(15-13-37)42(39,40)27-21(4)33-28(41-27)29-10-11-36(5)6/h7-9,17-18H,10-16H2,1-6H3,(H,29,33)(H,34,35)(H,30,31,32). The number of para-hydroxylation sites is 1. The number of aromatic nitrogens is 5. The van der Waals surface area contributed by atoms with Crippen LogP contribution in [-0.2, 0) is 10.0 Å². The van der Waals surface area contributed by atoms with Gasteiger partial charge in [-0.25, -0.2) is 23.4 Å². The summed E-state index contributed by atoms with van der Waals surface area (Å²) in [6.07, 6.45) is 1.60. The Morgan fingerprint density at radius 1 is 1.10 bits per heavy atom. The summed E-state index contributed by atoms with van der Waals surface area (Å²) in [6, 6.07) is 6.21. The van der Waals surface area contributed by atoms with Crippen molar-refractivity contribution in [3.05, 3.63) is 41.6 Å². The number of thiazole rings is 1. The van der Waals surface area contributed by atoms with E-state index in [0.29, 0.717) is 47.8 Å². The van der Waals surface area contributed by atoms with Gasteiger partial charge in [-0.2, -0.15) is 9.40 Å². The van der Waals surface area contributed by atoms with E-state index in [1.807, 2.05) is 40.1 Å². The van der Waals surface area contributed by atoms with Gasteiger partial charge in [-0.05, 0) is 47.9 Å². The highest BCUT2D eigenvalue weighted by Gasteiger charge is 2.32. The first-order valence-corrected chi connectivity index (χ1v) is 16.4. The molecule has 0 amide bonds. The van der Waals surface area contributed by atoms with Crippen LogP contribution in [0.3, 0.4) is 0 Å². The molecule has 1 unspecified atom stereocenters. The Balaban J connectivity index is 1.21. The Kier molecular flexibility index (Phi) is 9.08. The van der Waals surface area contributed by atoms with E-state index in [-0.39, 0.29) is 6.04 Å². The van der Waals surface area contributed by atoms with Crippen LogP contribution in [0.1, 0.15) is 24.0 Å². The first-order valence-electron chi connectivity index (χ1n) is 14.1. The van der Waals surface area contributed by atoms with Gasteiger partial charge >= 0.3 is 0 Å². The molecule has 3 N–H and O–H groups in total. The monoisotopic (exact) mass is 612 g/mol. The van der Waals surface area contributed by atoms with Gasteiger partial charge in [-0.15, -0.1) is 0 Å². The van der Waals surface area contributed by atoms with Crippen LogP contribution in [-0.4, -0.2) is 114 Å². The number of H-pyrrole nitrogens is 1. The third kappa shape index (κ3) is 6.42. The van der Waals surface area contributed by atoms with E-state index in [0.717, 1.165) is 52.3 Å². The fourth-order valence-corrected chi connectivity index (χ4v) is 8.37. The Bertz CT molecular complexity index is 1620. The van der Waals surface area contributed by atoms with Gasteiger partial charge in [0, 0.05) is 74.1 Å². The normalized spacial score (nSPS) is 15.9. The topological polar surface area (TPSA) is 135 Å². The summed E-state index contributed by atoms with van der Waals surface area (Å²) < 4.78 is 28.8. The molecule has 1 atom stereocenters. The van der Waals surface area contributed by atoms with E-state index < -0.39 is 10.0 Å². The quantitative estimate of drug-likeness (QED) is 0.232. The lowest BCUT2D eigenvalue weighted by Gasteiger charge is -2.35. The number of piperazine rings is 1. The van der Waals surface area contributed by atoms with E-state index in [2.05, 4.69) is 58.6 Å². The summed E-state index contributed by atoms with van der Waals surface area (Å²) in [5.41, 5.74) is 5.46. The Morgan fingerprint density at radius 3 is 2.55 bits per heavy atom. The smallest absolute Gasteiger partial charge is 0.254 e. The van der Waals surface area contributed by atoms with Crippen LogP contribution in [0.4, 0.5) is 10.9 Å². The second-order valence-corrected chi connectivity index (χ2v) is 14.2. The first kappa shape index (κ1) is 30.3. The summed E-state index contributed by atoms with van der Waals surface area (Å²) in [7, 11) is 0.405. The lowest BCUT2D eigenvalue weighted by molar-refractivity contribution is 0.184. The molecule has 1 aromatic carbocycles. The molecule has 1 aliphatic rings.